The Balaban J connectivity index is 2.09. The van der Waals surface area contributed by atoms with Gasteiger partial charge in [-0.15, -0.1) is 0 Å². The third-order valence-corrected chi connectivity index (χ3v) is 3.72. The maximum absolute atomic E-state index is 2.73. The van der Waals surface area contributed by atoms with E-state index in [-0.39, 0.29) is 0 Å². The van der Waals surface area contributed by atoms with Crippen molar-refractivity contribution in [2.75, 3.05) is 6.54 Å². The van der Waals surface area contributed by atoms with Gasteiger partial charge in [-0.2, -0.15) is 0 Å². The third-order valence-electron chi connectivity index (χ3n) is 3.72. The zero-order chi connectivity index (χ0) is 8.82. The monoisotopic (exact) mass is 167 g/mol. The first-order valence-corrected chi connectivity index (χ1v) is 5.32. The summed E-state index contributed by atoms with van der Waals surface area (Å²) < 4.78 is 0. The van der Waals surface area contributed by atoms with Crippen LogP contribution >= 0.6 is 0 Å². The fraction of sp³-hybridized carbons (Fsp3) is 1.00. The maximum atomic E-state index is 2.73. The maximum Gasteiger partial charge on any atom is 0.0227 e. The van der Waals surface area contributed by atoms with E-state index in [0.717, 1.165) is 0 Å². The molecule has 0 amide bonds. The molecule has 0 unspecified atom stereocenters. The summed E-state index contributed by atoms with van der Waals surface area (Å²) in [7, 11) is 0. The van der Waals surface area contributed by atoms with Crippen molar-refractivity contribution in [2.45, 2.75) is 64.0 Å². The van der Waals surface area contributed by atoms with E-state index in [2.05, 4.69) is 25.7 Å². The molecule has 2 aliphatic rings. The van der Waals surface area contributed by atoms with E-state index in [1.54, 1.807) is 0 Å². The summed E-state index contributed by atoms with van der Waals surface area (Å²) in [6, 6.07) is 0. The van der Waals surface area contributed by atoms with Gasteiger partial charge in [0.05, 0.1) is 0 Å². The van der Waals surface area contributed by atoms with E-state index in [1.807, 2.05) is 0 Å². The van der Waals surface area contributed by atoms with Crippen molar-refractivity contribution >= 4 is 0 Å². The molecular weight excluding hydrogens is 146 g/mol. The Kier molecular flexibility index (Phi) is 1.76. The summed E-state index contributed by atoms with van der Waals surface area (Å²) in [5, 5.41) is 0. The van der Waals surface area contributed by atoms with Gasteiger partial charge in [0.25, 0.3) is 0 Å². The lowest BCUT2D eigenvalue weighted by atomic mass is 9.79. The molecule has 1 aliphatic heterocycles. The lowest BCUT2D eigenvalue weighted by molar-refractivity contribution is -0.0762. The van der Waals surface area contributed by atoms with Crippen molar-refractivity contribution < 1.29 is 0 Å². The van der Waals surface area contributed by atoms with Crippen molar-refractivity contribution in [3.8, 4) is 0 Å². The highest BCUT2D eigenvalue weighted by molar-refractivity contribution is 5.06. The Morgan fingerprint density at radius 2 is 1.58 bits per heavy atom. The number of nitrogens with zero attached hydrogens (tertiary/aromatic N) is 1. The molecule has 1 aliphatic carbocycles. The van der Waals surface area contributed by atoms with Crippen LogP contribution in [0.5, 0.6) is 0 Å². The predicted molar refractivity (Wildman–Crippen MR) is 52.3 cm³/mol. The predicted octanol–water partition coefficient (Wildman–Crippen LogP) is 2.80. The summed E-state index contributed by atoms with van der Waals surface area (Å²) in [4.78, 5) is 2.73. The van der Waals surface area contributed by atoms with Crippen LogP contribution in [0.3, 0.4) is 0 Å². The molecule has 1 saturated carbocycles. The van der Waals surface area contributed by atoms with Crippen LogP contribution in [-0.2, 0) is 0 Å². The summed E-state index contributed by atoms with van der Waals surface area (Å²) in [5.74, 6) is 0. The van der Waals surface area contributed by atoms with Crippen LogP contribution in [0.25, 0.3) is 0 Å². The van der Waals surface area contributed by atoms with Gasteiger partial charge in [0.2, 0.25) is 0 Å². The lowest BCUT2D eigenvalue weighted by Gasteiger charge is -2.57. The van der Waals surface area contributed by atoms with Crippen molar-refractivity contribution in [3.05, 3.63) is 0 Å². The van der Waals surface area contributed by atoms with E-state index in [9.17, 15) is 0 Å². The van der Waals surface area contributed by atoms with Crippen LogP contribution in [0, 0.1) is 0 Å². The average molecular weight is 167 g/mol. The number of likely N-dealkylation sites (tertiary alicyclic amines) is 1. The number of hydrogen-bond donors (Lipinski definition) is 0. The van der Waals surface area contributed by atoms with E-state index >= 15 is 0 Å². The van der Waals surface area contributed by atoms with Gasteiger partial charge in [-0.25, -0.2) is 0 Å². The van der Waals surface area contributed by atoms with Crippen LogP contribution in [0.15, 0.2) is 0 Å². The van der Waals surface area contributed by atoms with Crippen LogP contribution in [0.1, 0.15) is 52.9 Å². The molecule has 1 heteroatoms. The van der Waals surface area contributed by atoms with E-state index < -0.39 is 0 Å². The topological polar surface area (TPSA) is 3.24 Å². The second-order valence-electron chi connectivity index (χ2n) is 5.50. The first kappa shape index (κ1) is 8.55. The molecule has 12 heavy (non-hydrogen) atoms. The fourth-order valence-corrected chi connectivity index (χ4v) is 3.14. The summed E-state index contributed by atoms with van der Waals surface area (Å²) in [6.07, 6.45) is 7.32. The molecular formula is C11H21N. The normalized spacial score (nSPS) is 29.2. The van der Waals surface area contributed by atoms with Gasteiger partial charge < -0.3 is 0 Å². The summed E-state index contributed by atoms with van der Waals surface area (Å²) >= 11 is 0. The SMILES string of the molecule is CC(C)(C)N1CCC12CCCC2. The quantitative estimate of drug-likeness (QED) is 0.536. The minimum absolute atomic E-state index is 0.405. The Morgan fingerprint density at radius 1 is 1.00 bits per heavy atom. The second-order valence-corrected chi connectivity index (χ2v) is 5.50. The number of hydrogen-bond acceptors (Lipinski definition) is 1. The highest BCUT2D eigenvalue weighted by Gasteiger charge is 2.50. The van der Waals surface area contributed by atoms with Crippen molar-refractivity contribution in [1.82, 2.24) is 4.90 Å². The molecule has 2 fully saturated rings. The molecule has 1 saturated heterocycles. The van der Waals surface area contributed by atoms with E-state index in [0.29, 0.717) is 11.1 Å². The minimum atomic E-state index is 0.405. The molecule has 0 aromatic rings. The van der Waals surface area contributed by atoms with Crippen LogP contribution in [-0.4, -0.2) is 22.5 Å². The van der Waals surface area contributed by atoms with E-state index in [4.69, 9.17) is 0 Å². The molecule has 0 radical (unpaired) electrons. The zero-order valence-corrected chi connectivity index (χ0v) is 8.69. The molecule has 70 valence electrons. The van der Waals surface area contributed by atoms with Gasteiger partial charge in [0, 0.05) is 17.6 Å². The standard InChI is InChI=1S/C11H21N/c1-10(2,3)12-9-8-11(12)6-4-5-7-11/h4-9H2,1-3H3. The Labute approximate surface area is 76.1 Å². The highest BCUT2D eigenvalue weighted by Crippen LogP contribution is 2.47. The molecule has 0 aromatic carbocycles. The van der Waals surface area contributed by atoms with Gasteiger partial charge in [-0.1, -0.05) is 12.8 Å². The van der Waals surface area contributed by atoms with Gasteiger partial charge in [-0.05, 0) is 40.0 Å². The smallest absolute Gasteiger partial charge is 0.0227 e. The van der Waals surface area contributed by atoms with Crippen LogP contribution in [0.4, 0.5) is 0 Å². The largest absolute Gasteiger partial charge is 0.293 e. The Morgan fingerprint density at radius 3 is 1.92 bits per heavy atom. The van der Waals surface area contributed by atoms with Crippen LogP contribution in [0.2, 0.25) is 0 Å². The highest BCUT2D eigenvalue weighted by atomic mass is 15.3. The minimum Gasteiger partial charge on any atom is -0.293 e. The lowest BCUT2D eigenvalue weighted by Crippen LogP contribution is -2.65. The van der Waals surface area contributed by atoms with Gasteiger partial charge in [0.15, 0.2) is 0 Å². The fourth-order valence-electron chi connectivity index (χ4n) is 3.14. The summed E-state index contributed by atoms with van der Waals surface area (Å²) in [5.41, 5.74) is 1.06. The molecule has 1 spiro atoms. The van der Waals surface area contributed by atoms with Crippen LogP contribution < -0.4 is 0 Å². The second kappa shape index (κ2) is 2.47. The Bertz CT molecular complexity index is 172. The molecule has 0 N–H and O–H groups in total. The molecule has 2 rings (SSSR count). The molecule has 0 atom stereocenters. The van der Waals surface area contributed by atoms with E-state index in [1.165, 1.54) is 38.6 Å². The van der Waals surface area contributed by atoms with Gasteiger partial charge in [0.1, 0.15) is 0 Å². The average Bonchev–Trinajstić information content (AvgIpc) is 2.28. The third kappa shape index (κ3) is 1.10. The van der Waals surface area contributed by atoms with Gasteiger partial charge in [-0.3, -0.25) is 4.90 Å². The van der Waals surface area contributed by atoms with Crippen molar-refractivity contribution in [2.24, 2.45) is 0 Å². The number of rotatable bonds is 0. The molecule has 1 nitrogen and oxygen atoms in total. The first-order chi connectivity index (χ1) is 5.55. The Hall–Kier alpha value is -0.0400. The van der Waals surface area contributed by atoms with Crippen molar-refractivity contribution in [1.29, 1.82) is 0 Å². The molecule has 0 bridgehead atoms. The molecule has 0 aromatic heterocycles. The molecule has 1 heterocycles. The summed E-state index contributed by atoms with van der Waals surface area (Å²) in [6.45, 7) is 8.40. The zero-order valence-electron chi connectivity index (χ0n) is 8.69. The van der Waals surface area contributed by atoms with Gasteiger partial charge >= 0.3 is 0 Å². The van der Waals surface area contributed by atoms with Crippen molar-refractivity contribution in [3.63, 3.8) is 0 Å². The first-order valence-electron chi connectivity index (χ1n) is 5.32.